The van der Waals surface area contributed by atoms with E-state index >= 15 is 0 Å². The lowest BCUT2D eigenvalue weighted by atomic mass is 10.1. The Morgan fingerprint density at radius 1 is 1.03 bits per heavy atom. The first-order valence-electron chi connectivity index (χ1n) is 8.74. The fraction of sp³-hybridized carbons (Fsp3) is 0.143. The van der Waals surface area contributed by atoms with Crippen LogP contribution in [0.5, 0.6) is 0 Å². The van der Waals surface area contributed by atoms with E-state index in [0.717, 1.165) is 5.56 Å². The summed E-state index contributed by atoms with van der Waals surface area (Å²) in [5, 5.41) is 6.72. The zero-order chi connectivity index (χ0) is 20.6. The van der Waals surface area contributed by atoms with Gasteiger partial charge in [-0.2, -0.15) is 0 Å². The largest absolute Gasteiger partial charge is 0.467 e. The van der Waals surface area contributed by atoms with E-state index in [4.69, 9.17) is 27.6 Å². The standard InChI is InChI=1S/C21H18Cl2N2O3S/c22-15-8-7-14(18(23)10-15)12-29-13-20(26)25-19-6-2-1-5-17(19)21(27)24-11-16-4-3-9-28-16/h1-10H,11-13H2,(H,24,27)(H,25,26). The predicted molar refractivity (Wildman–Crippen MR) is 118 cm³/mol. The van der Waals surface area contributed by atoms with Crippen LogP contribution >= 0.6 is 35.0 Å². The highest BCUT2D eigenvalue weighted by atomic mass is 35.5. The smallest absolute Gasteiger partial charge is 0.253 e. The van der Waals surface area contributed by atoms with Gasteiger partial charge >= 0.3 is 0 Å². The minimum Gasteiger partial charge on any atom is -0.467 e. The van der Waals surface area contributed by atoms with Crippen LogP contribution in [0.15, 0.2) is 65.3 Å². The summed E-state index contributed by atoms with van der Waals surface area (Å²) in [6, 6.07) is 15.7. The van der Waals surface area contributed by atoms with E-state index in [9.17, 15) is 9.59 Å². The number of carbonyl (C=O) groups excluding carboxylic acids is 2. The summed E-state index contributed by atoms with van der Waals surface area (Å²) in [6.07, 6.45) is 1.55. The van der Waals surface area contributed by atoms with Crippen molar-refractivity contribution in [2.45, 2.75) is 12.3 Å². The topological polar surface area (TPSA) is 71.3 Å². The fourth-order valence-corrected chi connectivity index (χ4v) is 3.93. The Kier molecular flexibility index (Phi) is 7.63. The van der Waals surface area contributed by atoms with Gasteiger partial charge in [0.1, 0.15) is 5.76 Å². The van der Waals surface area contributed by atoms with Gasteiger partial charge in [0, 0.05) is 15.8 Å². The molecule has 0 aliphatic carbocycles. The molecule has 3 aromatic rings. The molecule has 5 nitrogen and oxygen atoms in total. The van der Waals surface area contributed by atoms with Crippen molar-refractivity contribution in [1.82, 2.24) is 5.32 Å². The number of hydrogen-bond donors (Lipinski definition) is 2. The second-order valence-electron chi connectivity index (χ2n) is 6.08. The zero-order valence-corrected chi connectivity index (χ0v) is 17.6. The lowest BCUT2D eigenvalue weighted by Crippen LogP contribution is -2.25. The van der Waals surface area contributed by atoms with Crippen molar-refractivity contribution in [3.8, 4) is 0 Å². The lowest BCUT2D eigenvalue weighted by molar-refractivity contribution is -0.113. The maximum absolute atomic E-state index is 12.5. The van der Waals surface area contributed by atoms with Gasteiger partial charge < -0.3 is 15.1 Å². The molecule has 0 saturated heterocycles. The Hall–Kier alpha value is -2.41. The predicted octanol–water partition coefficient (Wildman–Crippen LogP) is 5.39. The third kappa shape index (κ3) is 6.29. The quantitative estimate of drug-likeness (QED) is 0.484. The summed E-state index contributed by atoms with van der Waals surface area (Å²) in [5.41, 5.74) is 1.75. The highest BCUT2D eigenvalue weighted by molar-refractivity contribution is 7.99. The van der Waals surface area contributed by atoms with Crippen LogP contribution in [-0.4, -0.2) is 17.6 Å². The van der Waals surface area contributed by atoms with Gasteiger partial charge in [-0.15, -0.1) is 11.8 Å². The van der Waals surface area contributed by atoms with Gasteiger partial charge in [-0.1, -0.05) is 41.4 Å². The molecular formula is C21H18Cl2N2O3S. The maximum atomic E-state index is 12.5. The molecule has 1 heterocycles. The number of rotatable bonds is 8. The highest BCUT2D eigenvalue weighted by Crippen LogP contribution is 2.25. The molecule has 0 aliphatic rings. The van der Waals surface area contributed by atoms with Crippen LogP contribution < -0.4 is 10.6 Å². The second-order valence-corrected chi connectivity index (χ2v) is 7.91. The Bertz CT molecular complexity index is 993. The molecule has 29 heavy (non-hydrogen) atoms. The summed E-state index contributed by atoms with van der Waals surface area (Å²) in [4.78, 5) is 24.8. The number of thioether (sulfide) groups is 1. The van der Waals surface area contributed by atoms with Crippen molar-refractivity contribution in [1.29, 1.82) is 0 Å². The number of anilines is 1. The van der Waals surface area contributed by atoms with Crippen molar-refractivity contribution in [2.75, 3.05) is 11.1 Å². The van der Waals surface area contributed by atoms with Gasteiger partial charge in [0.2, 0.25) is 5.91 Å². The molecule has 2 N–H and O–H groups in total. The maximum Gasteiger partial charge on any atom is 0.253 e. The molecule has 0 atom stereocenters. The fourth-order valence-electron chi connectivity index (χ4n) is 2.54. The Morgan fingerprint density at radius 2 is 1.86 bits per heavy atom. The van der Waals surface area contributed by atoms with Gasteiger partial charge in [-0.25, -0.2) is 0 Å². The molecule has 2 aromatic carbocycles. The molecule has 2 amide bonds. The van der Waals surface area contributed by atoms with E-state index in [2.05, 4.69) is 10.6 Å². The van der Waals surface area contributed by atoms with Crippen molar-refractivity contribution in [3.63, 3.8) is 0 Å². The first-order chi connectivity index (χ1) is 14.0. The van der Waals surface area contributed by atoms with E-state index in [-0.39, 0.29) is 24.1 Å². The third-order valence-corrected chi connectivity index (χ3v) is 5.52. The minimum absolute atomic E-state index is 0.202. The third-order valence-electron chi connectivity index (χ3n) is 3.95. The van der Waals surface area contributed by atoms with E-state index in [1.165, 1.54) is 11.8 Å². The van der Waals surface area contributed by atoms with Crippen molar-refractivity contribution >= 4 is 52.5 Å². The molecule has 1 aromatic heterocycles. The molecule has 150 valence electrons. The Balaban J connectivity index is 1.54. The van der Waals surface area contributed by atoms with Crippen LogP contribution in [0, 0.1) is 0 Å². The summed E-state index contributed by atoms with van der Waals surface area (Å²) in [6.45, 7) is 0.270. The number of nitrogens with one attached hydrogen (secondary N) is 2. The second kappa shape index (κ2) is 10.4. The number of benzene rings is 2. The molecular weight excluding hydrogens is 431 g/mol. The monoisotopic (exact) mass is 448 g/mol. The molecule has 0 radical (unpaired) electrons. The number of amides is 2. The van der Waals surface area contributed by atoms with Gasteiger partial charge in [0.05, 0.1) is 29.8 Å². The Labute approximate surface area is 182 Å². The van der Waals surface area contributed by atoms with E-state index in [1.807, 2.05) is 6.07 Å². The number of furan rings is 1. The van der Waals surface area contributed by atoms with Crippen molar-refractivity contribution in [3.05, 3.63) is 87.8 Å². The molecule has 0 saturated carbocycles. The summed E-state index contributed by atoms with van der Waals surface area (Å²) in [5.74, 6) is 0.956. The number of hydrogen-bond acceptors (Lipinski definition) is 4. The number of carbonyl (C=O) groups is 2. The van der Waals surface area contributed by atoms with Crippen LogP contribution in [-0.2, 0) is 17.1 Å². The first kappa shape index (κ1) is 21.3. The van der Waals surface area contributed by atoms with Gasteiger partial charge in [-0.3, -0.25) is 9.59 Å². The summed E-state index contributed by atoms with van der Waals surface area (Å²) in [7, 11) is 0. The minimum atomic E-state index is -0.294. The van der Waals surface area contributed by atoms with E-state index < -0.39 is 0 Å². The molecule has 0 aliphatic heterocycles. The SMILES string of the molecule is O=C(CSCc1ccc(Cl)cc1Cl)Nc1ccccc1C(=O)NCc1ccco1. The Morgan fingerprint density at radius 3 is 2.62 bits per heavy atom. The molecule has 0 bridgehead atoms. The average molecular weight is 449 g/mol. The van der Waals surface area contributed by atoms with Crippen molar-refractivity contribution in [2.24, 2.45) is 0 Å². The van der Waals surface area contributed by atoms with Gasteiger partial charge in [-0.05, 0) is 42.0 Å². The van der Waals surface area contributed by atoms with Crippen LogP contribution in [0.2, 0.25) is 10.0 Å². The van der Waals surface area contributed by atoms with Crippen molar-refractivity contribution < 1.29 is 14.0 Å². The van der Waals surface area contributed by atoms with Gasteiger partial charge in [0.15, 0.2) is 0 Å². The lowest BCUT2D eigenvalue weighted by Gasteiger charge is -2.11. The van der Waals surface area contributed by atoms with Crippen LogP contribution in [0.1, 0.15) is 21.7 Å². The normalized spacial score (nSPS) is 10.6. The summed E-state index contributed by atoms with van der Waals surface area (Å²) >= 11 is 13.5. The highest BCUT2D eigenvalue weighted by Gasteiger charge is 2.13. The van der Waals surface area contributed by atoms with Crippen LogP contribution in [0.3, 0.4) is 0 Å². The molecule has 0 unspecified atom stereocenters. The molecule has 0 spiro atoms. The van der Waals surface area contributed by atoms with E-state index in [1.54, 1.807) is 54.8 Å². The molecule has 3 rings (SSSR count). The number of halogens is 2. The van der Waals surface area contributed by atoms with E-state index in [0.29, 0.717) is 32.8 Å². The first-order valence-corrected chi connectivity index (χ1v) is 10.6. The number of para-hydroxylation sites is 1. The zero-order valence-electron chi connectivity index (χ0n) is 15.3. The summed E-state index contributed by atoms with van der Waals surface area (Å²) < 4.78 is 5.21. The molecule has 0 fully saturated rings. The van der Waals surface area contributed by atoms with Crippen LogP contribution in [0.4, 0.5) is 5.69 Å². The average Bonchev–Trinajstić information content (AvgIpc) is 3.22. The van der Waals surface area contributed by atoms with Crippen LogP contribution in [0.25, 0.3) is 0 Å². The molecule has 8 heteroatoms. The van der Waals surface area contributed by atoms with Gasteiger partial charge in [0.25, 0.3) is 5.91 Å².